The lowest BCUT2D eigenvalue weighted by Crippen LogP contribution is -2.47. The number of urea groups is 1. The number of amides is 3. The number of carbonyl (C=O) groups is 2. The van der Waals surface area contributed by atoms with Crippen LogP contribution in [0.3, 0.4) is 0 Å². The molecule has 2 saturated carbocycles. The van der Waals surface area contributed by atoms with Crippen LogP contribution in [0.15, 0.2) is 0 Å². The monoisotopic (exact) mass is 349 g/mol. The standard InChI is InChI=1S/C19H31N3O3/c23-16-8-2-1-6-14(16)15-7-5-11-21(15)12-13-22-17(24)19(20-18(22)25)9-3-4-10-19/h14-16,23H,1-13H2,(H,20,25)/t14-,15-,16+/m1/s1. The van der Waals surface area contributed by atoms with E-state index in [0.29, 0.717) is 18.5 Å². The van der Waals surface area contributed by atoms with E-state index in [1.54, 1.807) is 0 Å². The fourth-order valence-electron chi connectivity index (χ4n) is 5.63. The molecule has 0 aromatic rings. The smallest absolute Gasteiger partial charge is 0.325 e. The van der Waals surface area contributed by atoms with Crippen molar-refractivity contribution in [3.05, 3.63) is 0 Å². The summed E-state index contributed by atoms with van der Waals surface area (Å²) in [6, 6.07) is 0.205. The van der Waals surface area contributed by atoms with Crippen molar-refractivity contribution in [2.24, 2.45) is 5.92 Å². The van der Waals surface area contributed by atoms with Gasteiger partial charge in [0.05, 0.1) is 6.10 Å². The van der Waals surface area contributed by atoms with Gasteiger partial charge in [-0.05, 0) is 45.1 Å². The van der Waals surface area contributed by atoms with Crippen LogP contribution >= 0.6 is 0 Å². The Kier molecular flexibility index (Phi) is 4.75. The summed E-state index contributed by atoms with van der Waals surface area (Å²) in [6.45, 7) is 2.23. The molecular formula is C19H31N3O3. The van der Waals surface area contributed by atoms with E-state index in [1.165, 1.54) is 11.3 Å². The number of carbonyl (C=O) groups excluding carboxylic acids is 2. The van der Waals surface area contributed by atoms with Crippen LogP contribution in [0.25, 0.3) is 0 Å². The van der Waals surface area contributed by atoms with Crippen molar-refractivity contribution < 1.29 is 14.7 Å². The molecule has 2 aliphatic carbocycles. The highest BCUT2D eigenvalue weighted by atomic mass is 16.3. The highest BCUT2D eigenvalue weighted by Gasteiger charge is 2.52. The molecule has 3 amide bonds. The van der Waals surface area contributed by atoms with Gasteiger partial charge < -0.3 is 10.4 Å². The molecule has 6 nitrogen and oxygen atoms in total. The minimum absolute atomic E-state index is 0.0107. The topological polar surface area (TPSA) is 72.9 Å². The molecule has 0 bridgehead atoms. The lowest BCUT2D eigenvalue weighted by atomic mass is 9.80. The van der Waals surface area contributed by atoms with Crippen LogP contribution in [-0.2, 0) is 4.79 Å². The molecule has 2 heterocycles. The van der Waals surface area contributed by atoms with Gasteiger partial charge in [-0.2, -0.15) is 0 Å². The van der Waals surface area contributed by atoms with Crippen LogP contribution in [0.4, 0.5) is 4.79 Å². The van der Waals surface area contributed by atoms with E-state index < -0.39 is 5.54 Å². The minimum atomic E-state index is -0.596. The molecule has 4 aliphatic rings. The molecule has 6 heteroatoms. The zero-order valence-electron chi connectivity index (χ0n) is 15.1. The Morgan fingerprint density at radius 2 is 1.76 bits per heavy atom. The number of rotatable bonds is 4. The van der Waals surface area contributed by atoms with Crippen molar-refractivity contribution in [1.29, 1.82) is 0 Å². The first-order valence-corrected chi connectivity index (χ1v) is 10.2. The molecule has 0 aromatic heterocycles. The Balaban J connectivity index is 1.37. The van der Waals surface area contributed by atoms with Gasteiger partial charge in [0.25, 0.3) is 5.91 Å². The normalized spacial score (nSPS) is 35.7. The number of imide groups is 1. The number of aliphatic hydroxyl groups is 1. The van der Waals surface area contributed by atoms with E-state index in [4.69, 9.17) is 0 Å². The van der Waals surface area contributed by atoms with E-state index >= 15 is 0 Å². The van der Waals surface area contributed by atoms with E-state index in [9.17, 15) is 14.7 Å². The van der Waals surface area contributed by atoms with Gasteiger partial charge in [0.2, 0.25) is 0 Å². The number of nitrogens with zero attached hydrogens (tertiary/aromatic N) is 2. The fourth-order valence-corrected chi connectivity index (χ4v) is 5.63. The number of likely N-dealkylation sites (tertiary alicyclic amines) is 1. The van der Waals surface area contributed by atoms with Gasteiger partial charge in [0.1, 0.15) is 5.54 Å². The molecule has 4 rings (SSSR count). The molecule has 4 fully saturated rings. The van der Waals surface area contributed by atoms with Gasteiger partial charge in [0.15, 0.2) is 0 Å². The van der Waals surface area contributed by atoms with E-state index in [1.807, 2.05) is 0 Å². The molecule has 0 aromatic carbocycles. The quantitative estimate of drug-likeness (QED) is 0.760. The van der Waals surface area contributed by atoms with Crippen molar-refractivity contribution in [2.45, 2.75) is 81.9 Å². The van der Waals surface area contributed by atoms with Crippen molar-refractivity contribution in [2.75, 3.05) is 19.6 Å². The third-order valence-electron chi connectivity index (χ3n) is 7.00. The lowest BCUT2D eigenvalue weighted by molar-refractivity contribution is -0.131. The average molecular weight is 349 g/mol. The molecule has 25 heavy (non-hydrogen) atoms. The van der Waals surface area contributed by atoms with Crippen LogP contribution in [0.1, 0.15) is 64.2 Å². The summed E-state index contributed by atoms with van der Waals surface area (Å²) < 4.78 is 0. The first-order valence-electron chi connectivity index (χ1n) is 10.2. The molecule has 2 N–H and O–H groups in total. The van der Waals surface area contributed by atoms with Crippen LogP contribution in [0, 0.1) is 5.92 Å². The Labute approximate surface area is 149 Å². The van der Waals surface area contributed by atoms with Crippen LogP contribution < -0.4 is 5.32 Å². The molecule has 2 saturated heterocycles. The van der Waals surface area contributed by atoms with Crippen molar-refractivity contribution in [1.82, 2.24) is 15.1 Å². The van der Waals surface area contributed by atoms with Gasteiger partial charge in [-0.15, -0.1) is 0 Å². The molecular weight excluding hydrogens is 318 g/mol. The maximum atomic E-state index is 12.8. The van der Waals surface area contributed by atoms with Gasteiger partial charge >= 0.3 is 6.03 Å². The van der Waals surface area contributed by atoms with Crippen LogP contribution in [-0.4, -0.2) is 64.2 Å². The van der Waals surface area contributed by atoms with E-state index in [2.05, 4.69) is 10.2 Å². The molecule has 0 radical (unpaired) electrons. The molecule has 0 unspecified atom stereocenters. The summed E-state index contributed by atoms with van der Waals surface area (Å²) in [7, 11) is 0. The van der Waals surface area contributed by atoms with Crippen molar-refractivity contribution in [3.63, 3.8) is 0 Å². The predicted octanol–water partition coefficient (Wildman–Crippen LogP) is 1.87. The second-order valence-electron chi connectivity index (χ2n) is 8.44. The molecule has 140 valence electrons. The van der Waals surface area contributed by atoms with Crippen LogP contribution in [0.5, 0.6) is 0 Å². The summed E-state index contributed by atoms with van der Waals surface area (Å²) in [5.41, 5.74) is -0.596. The Hall–Kier alpha value is -1.14. The SMILES string of the molecule is O=C1NC2(CCCC2)C(=O)N1CCN1CCC[C@@H]1[C@H]1CCCC[C@@H]1O. The zero-order chi connectivity index (χ0) is 17.4. The zero-order valence-corrected chi connectivity index (χ0v) is 15.1. The molecule has 1 spiro atoms. The number of aliphatic hydroxyl groups excluding tert-OH is 1. The third kappa shape index (κ3) is 3.08. The minimum Gasteiger partial charge on any atom is -0.393 e. The van der Waals surface area contributed by atoms with E-state index in [-0.39, 0.29) is 18.0 Å². The summed E-state index contributed by atoms with van der Waals surface area (Å²) in [6.07, 6.45) is 10.1. The predicted molar refractivity (Wildman–Crippen MR) is 94.0 cm³/mol. The second kappa shape index (κ2) is 6.88. The summed E-state index contributed by atoms with van der Waals surface area (Å²) >= 11 is 0. The maximum absolute atomic E-state index is 12.8. The summed E-state index contributed by atoms with van der Waals surface area (Å²) in [5, 5.41) is 13.4. The van der Waals surface area contributed by atoms with Crippen molar-refractivity contribution >= 4 is 11.9 Å². The third-order valence-corrected chi connectivity index (χ3v) is 7.00. The molecule has 2 aliphatic heterocycles. The summed E-state index contributed by atoms with van der Waals surface area (Å²) in [5.74, 6) is 0.351. The number of nitrogens with one attached hydrogen (secondary N) is 1. The van der Waals surface area contributed by atoms with Gasteiger partial charge in [-0.25, -0.2) is 4.79 Å². The van der Waals surface area contributed by atoms with Gasteiger partial charge in [0, 0.05) is 25.0 Å². The first-order chi connectivity index (χ1) is 12.1. The van der Waals surface area contributed by atoms with Gasteiger partial charge in [-0.1, -0.05) is 25.7 Å². The van der Waals surface area contributed by atoms with E-state index in [0.717, 1.165) is 70.9 Å². The average Bonchev–Trinajstić information content (AvgIpc) is 3.29. The first kappa shape index (κ1) is 17.3. The largest absolute Gasteiger partial charge is 0.393 e. The van der Waals surface area contributed by atoms with Crippen molar-refractivity contribution in [3.8, 4) is 0 Å². The second-order valence-corrected chi connectivity index (χ2v) is 8.44. The Morgan fingerprint density at radius 3 is 2.52 bits per heavy atom. The Morgan fingerprint density at radius 1 is 1.00 bits per heavy atom. The lowest BCUT2D eigenvalue weighted by Gasteiger charge is -2.37. The molecule has 3 atom stereocenters. The fraction of sp³-hybridized carbons (Fsp3) is 0.895. The summed E-state index contributed by atoms with van der Waals surface area (Å²) in [4.78, 5) is 28.9. The number of hydrogen-bond donors (Lipinski definition) is 2. The highest BCUT2D eigenvalue weighted by molar-refractivity contribution is 6.07. The maximum Gasteiger partial charge on any atom is 0.325 e. The van der Waals surface area contributed by atoms with Gasteiger partial charge in [-0.3, -0.25) is 14.6 Å². The highest BCUT2D eigenvalue weighted by Crippen LogP contribution is 2.36. The Bertz CT molecular complexity index is 532. The van der Waals surface area contributed by atoms with Crippen LogP contribution in [0.2, 0.25) is 0 Å². The number of hydrogen-bond acceptors (Lipinski definition) is 4.